The summed E-state index contributed by atoms with van der Waals surface area (Å²) < 4.78 is 7.09. The van der Waals surface area contributed by atoms with Crippen LogP contribution in [0, 0.1) is 0 Å². The van der Waals surface area contributed by atoms with Gasteiger partial charge in [-0.2, -0.15) is 5.10 Å². The fourth-order valence-electron chi connectivity index (χ4n) is 5.14. The van der Waals surface area contributed by atoms with E-state index in [2.05, 4.69) is 24.2 Å². The number of fused-ring (bicyclic) bond motifs is 3. The van der Waals surface area contributed by atoms with Crippen molar-refractivity contribution in [1.29, 1.82) is 0 Å². The second-order valence-corrected chi connectivity index (χ2v) is 8.75. The molecule has 33 heavy (non-hydrogen) atoms. The molecule has 2 heterocycles. The van der Waals surface area contributed by atoms with Crippen molar-refractivity contribution < 1.29 is 14.3 Å². The first-order chi connectivity index (χ1) is 16.1. The molecule has 170 valence electrons. The Bertz CT molecular complexity index is 1200. The van der Waals surface area contributed by atoms with Crippen LogP contribution in [0.1, 0.15) is 71.5 Å². The predicted molar refractivity (Wildman–Crippen MR) is 127 cm³/mol. The largest absolute Gasteiger partial charge is 0.461 e. The molecule has 6 heteroatoms. The van der Waals surface area contributed by atoms with E-state index < -0.39 is 5.97 Å². The van der Waals surface area contributed by atoms with Gasteiger partial charge in [0.25, 0.3) is 5.91 Å². The zero-order chi connectivity index (χ0) is 22.9. The summed E-state index contributed by atoms with van der Waals surface area (Å²) >= 11 is 0. The summed E-state index contributed by atoms with van der Waals surface area (Å²) in [5.74, 6) is -0.306. The highest BCUT2D eigenvalue weighted by Gasteiger charge is 2.32. The number of aromatic nitrogens is 2. The number of hydrogen-bond donors (Lipinski definition) is 0. The Morgan fingerprint density at radius 2 is 1.85 bits per heavy atom. The van der Waals surface area contributed by atoms with Crippen molar-refractivity contribution in [3.8, 4) is 16.9 Å². The molecule has 1 aliphatic heterocycles. The van der Waals surface area contributed by atoms with Crippen molar-refractivity contribution in [2.24, 2.45) is 0 Å². The lowest BCUT2D eigenvalue weighted by Crippen LogP contribution is -2.43. The molecule has 0 spiro atoms. The number of amides is 1. The van der Waals surface area contributed by atoms with Crippen LogP contribution in [0.5, 0.6) is 0 Å². The van der Waals surface area contributed by atoms with Gasteiger partial charge in [0.1, 0.15) is 0 Å². The number of nitrogens with zero attached hydrogens (tertiary/aromatic N) is 3. The second kappa shape index (κ2) is 8.85. The SMILES string of the molecule is CCOC(=O)c1nn(-c2ccc(C(=O)N3CCCC[C@H]3CC)cc2)c2c1Cc1ccccc1-2. The molecular formula is C27H29N3O3. The van der Waals surface area contributed by atoms with Gasteiger partial charge in [0.15, 0.2) is 5.69 Å². The van der Waals surface area contributed by atoms with Crippen molar-refractivity contribution in [2.45, 2.75) is 52.0 Å². The summed E-state index contributed by atoms with van der Waals surface area (Å²) in [6.45, 7) is 5.08. The fourth-order valence-corrected chi connectivity index (χ4v) is 5.14. The Kier molecular flexibility index (Phi) is 5.75. The van der Waals surface area contributed by atoms with Gasteiger partial charge in [-0.25, -0.2) is 9.48 Å². The van der Waals surface area contributed by atoms with Crippen LogP contribution in [-0.4, -0.2) is 45.8 Å². The lowest BCUT2D eigenvalue weighted by molar-refractivity contribution is 0.0517. The van der Waals surface area contributed by atoms with E-state index in [9.17, 15) is 9.59 Å². The van der Waals surface area contributed by atoms with E-state index in [4.69, 9.17) is 4.74 Å². The van der Waals surface area contributed by atoms with E-state index in [-0.39, 0.29) is 5.91 Å². The van der Waals surface area contributed by atoms with Crippen molar-refractivity contribution in [2.75, 3.05) is 13.2 Å². The Morgan fingerprint density at radius 3 is 2.61 bits per heavy atom. The molecule has 1 fully saturated rings. The second-order valence-electron chi connectivity index (χ2n) is 8.75. The summed E-state index contributed by atoms with van der Waals surface area (Å²) in [5, 5.41) is 4.66. The molecule has 3 aromatic rings. The Balaban J connectivity index is 1.51. The van der Waals surface area contributed by atoms with Crippen LogP contribution in [0.15, 0.2) is 48.5 Å². The molecule has 1 aromatic heterocycles. The van der Waals surface area contributed by atoms with Gasteiger partial charge >= 0.3 is 5.97 Å². The summed E-state index contributed by atoms with van der Waals surface area (Å²) in [6, 6.07) is 16.1. The van der Waals surface area contributed by atoms with Crippen LogP contribution < -0.4 is 0 Å². The van der Waals surface area contributed by atoms with Gasteiger partial charge in [-0.1, -0.05) is 31.2 Å². The molecule has 2 aromatic carbocycles. The lowest BCUT2D eigenvalue weighted by Gasteiger charge is -2.35. The standard InChI is InChI=1S/C27H29N3O3/c1-3-20-10-7-8-16-29(20)26(31)18-12-14-21(15-13-18)30-25-22-11-6-5-9-19(22)17-23(25)24(28-30)27(32)33-4-2/h5-6,9,11-15,20H,3-4,7-8,10,16-17H2,1-2H3/t20-/m1/s1. The van der Waals surface area contributed by atoms with Gasteiger partial charge in [-0.15, -0.1) is 0 Å². The zero-order valence-corrected chi connectivity index (χ0v) is 19.2. The van der Waals surface area contributed by atoms with E-state index in [0.717, 1.165) is 48.3 Å². The first kappa shape index (κ1) is 21.4. The quantitative estimate of drug-likeness (QED) is 0.406. The smallest absolute Gasteiger partial charge is 0.359 e. The number of rotatable bonds is 5. The number of benzene rings is 2. The number of ether oxygens (including phenoxy) is 1. The summed E-state index contributed by atoms with van der Waals surface area (Å²) in [5.41, 5.74) is 5.95. The molecule has 0 unspecified atom stereocenters. The molecule has 1 saturated heterocycles. The van der Waals surface area contributed by atoms with Crippen LogP contribution in [-0.2, 0) is 11.2 Å². The summed E-state index contributed by atoms with van der Waals surface area (Å²) in [7, 11) is 0. The maximum absolute atomic E-state index is 13.2. The first-order valence-corrected chi connectivity index (χ1v) is 11.9. The van der Waals surface area contributed by atoms with Crippen molar-refractivity contribution in [1.82, 2.24) is 14.7 Å². The maximum Gasteiger partial charge on any atom is 0.359 e. The fraction of sp³-hybridized carbons (Fsp3) is 0.370. The zero-order valence-electron chi connectivity index (χ0n) is 19.2. The predicted octanol–water partition coefficient (Wildman–Crippen LogP) is 5.02. The van der Waals surface area contributed by atoms with Gasteiger partial charge in [0.2, 0.25) is 0 Å². The minimum absolute atomic E-state index is 0.0938. The normalized spacial score (nSPS) is 16.9. The van der Waals surface area contributed by atoms with E-state index >= 15 is 0 Å². The topological polar surface area (TPSA) is 64.4 Å². The minimum atomic E-state index is -0.400. The van der Waals surface area contributed by atoms with Crippen molar-refractivity contribution in [3.05, 3.63) is 70.9 Å². The summed E-state index contributed by atoms with van der Waals surface area (Å²) in [6.07, 6.45) is 4.98. The van der Waals surface area contributed by atoms with Crippen LogP contribution in [0.3, 0.4) is 0 Å². The Morgan fingerprint density at radius 1 is 1.06 bits per heavy atom. The molecule has 0 saturated carbocycles. The van der Waals surface area contributed by atoms with Gasteiger partial charge in [0.05, 0.1) is 18.0 Å². The van der Waals surface area contributed by atoms with E-state index in [1.54, 1.807) is 6.92 Å². The van der Waals surface area contributed by atoms with Gasteiger partial charge in [-0.05, 0) is 62.4 Å². The maximum atomic E-state index is 13.2. The summed E-state index contributed by atoms with van der Waals surface area (Å²) in [4.78, 5) is 27.8. The van der Waals surface area contributed by atoms with Crippen LogP contribution in [0.25, 0.3) is 16.9 Å². The van der Waals surface area contributed by atoms with E-state index in [1.165, 1.54) is 12.0 Å². The van der Waals surface area contributed by atoms with Gasteiger partial charge in [-0.3, -0.25) is 4.79 Å². The molecule has 2 aliphatic rings. The molecule has 1 aliphatic carbocycles. The van der Waals surface area contributed by atoms with Crippen LogP contribution in [0.2, 0.25) is 0 Å². The first-order valence-electron chi connectivity index (χ1n) is 11.9. The number of esters is 1. The minimum Gasteiger partial charge on any atom is -0.461 e. The number of carbonyl (C=O) groups excluding carboxylic acids is 2. The molecule has 6 nitrogen and oxygen atoms in total. The van der Waals surface area contributed by atoms with E-state index in [0.29, 0.717) is 30.3 Å². The molecule has 5 rings (SSSR count). The third-order valence-electron chi connectivity index (χ3n) is 6.81. The van der Waals surface area contributed by atoms with Gasteiger partial charge in [0, 0.05) is 35.7 Å². The average molecular weight is 444 g/mol. The highest BCUT2D eigenvalue weighted by molar-refractivity contribution is 5.95. The number of likely N-dealkylation sites (tertiary alicyclic amines) is 1. The highest BCUT2D eigenvalue weighted by atomic mass is 16.5. The molecular weight excluding hydrogens is 414 g/mol. The number of piperidine rings is 1. The lowest BCUT2D eigenvalue weighted by atomic mass is 9.99. The molecule has 0 N–H and O–H groups in total. The Hall–Kier alpha value is -3.41. The van der Waals surface area contributed by atoms with Crippen molar-refractivity contribution >= 4 is 11.9 Å². The monoisotopic (exact) mass is 443 g/mol. The molecule has 0 radical (unpaired) electrons. The average Bonchev–Trinajstić information content (AvgIpc) is 3.41. The third-order valence-corrected chi connectivity index (χ3v) is 6.81. The van der Waals surface area contributed by atoms with Crippen LogP contribution >= 0.6 is 0 Å². The Labute approximate surface area is 194 Å². The third kappa shape index (κ3) is 3.73. The number of carbonyl (C=O) groups is 2. The highest BCUT2D eigenvalue weighted by Crippen LogP contribution is 2.40. The van der Waals surface area contributed by atoms with Crippen molar-refractivity contribution in [3.63, 3.8) is 0 Å². The van der Waals surface area contributed by atoms with Crippen LogP contribution in [0.4, 0.5) is 0 Å². The van der Waals surface area contributed by atoms with E-state index in [1.807, 2.05) is 46.0 Å². The molecule has 1 atom stereocenters. The molecule has 1 amide bonds. The number of hydrogen-bond acceptors (Lipinski definition) is 4. The molecule has 0 bridgehead atoms. The van der Waals surface area contributed by atoms with Gasteiger partial charge < -0.3 is 9.64 Å².